The summed E-state index contributed by atoms with van der Waals surface area (Å²) in [6.45, 7) is 3.60. The van der Waals surface area contributed by atoms with Crippen molar-refractivity contribution in [1.29, 1.82) is 0 Å². The Bertz CT molecular complexity index is 578. The molecule has 1 saturated heterocycles. The van der Waals surface area contributed by atoms with Crippen molar-refractivity contribution in [3.63, 3.8) is 0 Å². The summed E-state index contributed by atoms with van der Waals surface area (Å²) in [4.78, 5) is 12.4. The average Bonchev–Trinajstić information content (AvgIpc) is 3.25. The zero-order valence-electron chi connectivity index (χ0n) is 13.2. The van der Waals surface area contributed by atoms with Crippen LogP contribution in [0.15, 0.2) is 18.2 Å². The van der Waals surface area contributed by atoms with E-state index in [2.05, 4.69) is 17.6 Å². The Hall–Kier alpha value is -0.840. The molecule has 0 radical (unpaired) electrons. The van der Waals surface area contributed by atoms with E-state index in [4.69, 9.17) is 11.6 Å². The third kappa shape index (κ3) is 4.17. The van der Waals surface area contributed by atoms with Gasteiger partial charge in [-0.05, 0) is 56.8 Å². The van der Waals surface area contributed by atoms with Crippen LogP contribution in [0, 0.1) is 11.7 Å². The molecule has 0 aromatic heterocycles. The second-order valence-corrected chi connectivity index (χ2v) is 7.11. The molecule has 0 bridgehead atoms. The van der Waals surface area contributed by atoms with E-state index in [0.29, 0.717) is 17.6 Å². The van der Waals surface area contributed by atoms with E-state index in [0.717, 1.165) is 37.8 Å². The van der Waals surface area contributed by atoms with Crippen LogP contribution in [-0.2, 0) is 10.2 Å². The highest BCUT2D eigenvalue weighted by Gasteiger charge is 2.46. The third-order valence-corrected chi connectivity index (χ3v) is 5.26. The molecule has 128 valence electrons. The van der Waals surface area contributed by atoms with Gasteiger partial charge in [-0.1, -0.05) is 17.7 Å². The molecule has 1 aliphatic carbocycles. The van der Waals surface area contributed by atoms with Crippen LogP contribution in [0.3, 0.4) is 0 Å². The lowest BCUT2D eigenvalue weighted by atomic mass is 9.91. The molecular weight excluding hydrogens is 338 g/mol. The van der Waals surface area contributed by atoms with E-state index in [1.807, 2.05) is 0 Å². The number of amides is 1. The smallest absolute Gasteiger partial charge is 0.223 e. The molecule has 0 spiro atoms. The molecule has 1 aromatic carbocycles. The normalized spacial score (nSPS) is 25.3. The molecule has 6 heteroatoms. The quantitative estimate of drug-likeness (QED) is 0.863. The number of piperidine rings is 1. The maximum atomic E-state index is 13.2. The summed E-state index contributed by atoms with van der Waals surface area (Å²) >= 11 is 6.18. The number of hydrogen-bond donors (Lipinski definition) is 2. The molecule has 23 heavy (non-hydrogen) atoms. The Morgan fingerprint density at radius 1 is 1.48 bits per heavy atom. The van der Waals surface area contributed by atoms with Crippen LogP contribution in [0.1, 0.15) is 38.2 Å². The predicted molar refractivity (Wildman–Crippen MR) is 92.8 cm³/mol. The highest BCUT2D eigenvalue weighted by atomic mass is 35.5. The molecule has 2 N–H and O–H groups in total. The summed E-state index contributed by atoms with van der Waals surface area (Å²) in [5, 5.41) is 6.91. The first kappa shape index (κ1) is 18.5. The molecule has 1 saturated carbocycles. The van der Waals surface area contributed by atoms with E-state index in [-0.39, 0.29) is 35.5 Å². The summed E-state index contributed by atoms with van der Waals surface area (Å²) in [6.07, 6.45) is 3.75. The van der Waals surface area contributed by atoms with Crippen molar-refractivity contribution < 1.29 is 9.18 Å². The van der Waals surface area contributed by atoms with Crippen LogP contribution in [-0.4, -0.2) is 25.0 Å². The number of rotatable bonds is 4. The van der Waals surface area contributed by atoms with Crippen LogP contribution in [0.2, 0.25) is 5.02 Å². The van der Waals surface area contributed by atoms with E-state index in [1.54, 1.807) is 6.07 Å². The van der Waals surface area contributed by atoms with Gasteiger partial charge in [0, 0.05) is 28.9 Å². The maximum Gasteiger partial charge on any atom is 0.223 e. The average molecular weight is 361 g/mol. The third-order valence-electron chi connectivity index (χ3n) is 4.95. The number of nitrogens with one attached hydrogen (secondary N) is 2. The molecule has 0 unspecified atom stereocenters. The summed E-state index contributed by atoms with van der Waals surface area (Å²) in [5.74, 6) is -0.0918. The number of benzene rings is 1. The fourth-order valence-corrected chi connectivity index (χ4v) is 3.75. The molecular formula is C17H23Cl2FN2O. The molecule has 1 heterocycles. The maximum absolute atomic E-state index is 13.2. The van der Waals surface area contributed by atoms with E-state index in [9.17, 15) is 9.18 Å². The number of carbonyl (C=O) groups is 1. The van der Waals surface area contributed by atoms with Crippen LogP contribution in [0.4, 0.5) is 4.39 Å². The van der Waals surface area contributed by atoms with E-state index >= 15 is 0 Å². The van der Waals surface area contributed by atoms with Crippen molar-refractivity contribution in [3.05, 3.63) is 34.6 Å². The molecule has 3 rings (SSSR count). The van der Waals surface area contributed by atoms with Gasteiger partial charge in [-0.3, -0.25) is 4.79 Å². The van der Waals surface area contributed by atoms with Gasteiger partial charge in [-0.25, -0.2) is 4.39 Å². The van der Waals surface area contributed by atoms with Crippen molar-refractivity contribution in [3.8, 4) is 0 Å². The largest absolute Gasteiger partial charge is 0.355 e. The first-order chi connectivity index (χ1) is 10.5. The Kier molecular flexibility index (Phi) is 5.93. The van der Waals surface area contributed by atoms with Gasteiger partial charge in [-0.2, -0.15) is 0 Å². The molecule has 1 aliphatic heterocycles. The lowest BCUT2D eigenvalue weighted by molar-refractivity contribution is -0.126. The molecule has 3 nitrogen and oxygen atoms in total. The van der Waals surface area contributed by atoms with Crippen molar-refractivity contribution >= 4 is 29.9 Å². The molecule has 2 aliphatic rings. The SMILES string of the molecule is C[C@H]1C[C@@H](C(=O)NCC2(c3ccc(F)cc3Cl)CC2)CCN1.Cl. The van der Waals surface area contributed by atoms with Crippen LogP contribution >= 0.6 is 24.0 Å². The minimum Gasteiger partial charge on any atom is -0.355 e. The van der Waals surface area contributed by atoms with Crippen LogP contribution in [0.25, 0.3) is 0 Å². The van der Waals surface area contributed by atoms with Gasteiger partial charge in [0.25, 0.3) is 0 Å². The number of carbonyl (C=O) groups excluding carboxylic acids is 1. The Morgan fingerprint density at radius 3 is 2.83 bits per heavy atom. The summed E-state index contributed by atoms with van der Waals surface area (Å²) in [6, 6.07) is 4.94. The van der Waals surface area contributed by atoms with Crippen LogP contribution < -0.4 is 10.6 Å². The zero-order valence-corrected chi connectivity index (χ0v) is 14.8. The van der Waals surface area contributed by atoms with Gasteiger partial charge in [0.1, 0.15) is 5.82 Å². The van der Waals surface area contributed by atoms with Gasteiger partial charge in [0.15, 0.2) is 0 Å². The number of hydrogen-bond acceptors (Lipinski definition) is 2. The monoisotopic (exact) mass is 360 g/mol. The highest BCUT2D eigenvalue weighted by Crippen LogP contribution is 2.50. The summed E-state index contributed by atoms with van der Waals surface area (Å²) < 4.78 is 13.2. The summed E-state index contributed by atoms with van der Waals surface area (Å²) in [7, 11) is 0. The standard InChI is InChI=1S/C17H22ClFN2O.ClH/c1-11-8-12(4-7-20-11)16(22)21-10-17(5-6-17)14-3-2-13(19)9-15(14)18;/h2-3,9,11-12,20H,4-8,10H2,1H3,(H,21,22);1H/t11-,12-;/m0./s1. The molecule has 1 aromatic rings. The first-order valence-electron chi connectivity index (χ1n) is 7.97. The summed E-state index contributed by atoms with van der Waals surface area (Å²) in [5.41, 5.74) is 0.855. The second-order valence-electron chi connectivity index (χ2n) is 6.70. The lowest BCUT2D eigenvalue weighted by Crippen LogP contribution is -2.44. The lowest BCUT2D eigenvalue weighted by Gasteiger charge is -2.28. The molecule has 2 fully saturated rings. The van der Waals surface area contributed by atoms with Crippen molar-refractivity contribution in [2.45, 2.75) is 44.1 Å². The molecule has 2 atom stereocenters. The van der Waals surface area contributed by atoms with Gasteiger partial charge >= 0.3 is 0 Å². The predicted octanol–water partition coefficient (Wildman–Crippen LogP) is 3.44. The zero-order chi connectivity index (χ0) is 15.7. The fraction of sp³-hybridized carbons (Fsp3) is 0.588. The van der Waals surface area contributed by atoms with Gasteiger partial charge in [-0.15, -0.1) is 12.4 Å². The van der Waals surface area contributed by atoms with Gasteiger partial charge in [0.2, 0.25) is 5.91 Å². The fourth-order valence-electron chi connectivity index (χ4n) is 3.38. The van der Waals surface area contributed by atoms with Crippen molar-refractivity contribution in [2.75, 3.05) is 13.1 Å². The van der Waals surface area contributed by atoms with E-state index < -0.39 is 0 Å². The van der Waals surface area contributed by atoms with Crippen molar-refractivity contribution in [1.82, 2.24) is 10.6 Å². The van der Waals surface area contributed by atoms with Gasteiger partial charge in [0.05, 0.1) is 0 Å². The highest BCUT2D eigenvalue weighted by molar-refractivity contribution is 6.31. The minimum atomic E-state index is -0.322. The number of halogens is 3. The van der Waals surface area contributed by atoms with Crippen molar-refractivity contribution in [2.24, 2.45) is 5.92 Å². The van der Waals surface area contributed by atoms with Gasteiger partial charge < -0.3 is 10.6 Å². The second kappa shape index (κ2) is 7.37. The first-order valence-corrected chi connectivity index (χ1v) is 8.35. The Balaban J connectivity index is 0.00000192. The Morgan fingerprint density at radius 2 is 2.22 bits per heavy atom. The minimum absolute atomic E-state index is 0. The Labute approximate surface area is 147 Å². The topological polar surface area (TPSA) is 41.1 Å². The van der Waals surface area contributed by atoms with Crippen LogP contribution in [0.5, 0.6) is 0 Å². The molecule has 1 amide bonds. The van der Waals surface area contributed by atoms with E-state index in [1.165, 1.54) is 12.1 Å².